The lowest BCUT2D eigenvalue weighted by Gasteiger charge is -2.20. The third-order valence-corrected chi connectivity index (χ3v) is 3.59. The van der Waals surface area contributed by atoms with E-state index in [1.807, 2.05) is 20.8 Å². The number of nitrogens with zero attached hydrogens (tertiary/aromatic N) is 3. The zero-order chi connectivity index (χ0) is 18.2. The first-order valence-electron chi connectivity index (χ1n) is 7.89. The van der Waals surface area contributed by atoms with Crippen LogP contribution in [0.2, 0.25) is 0 Å². The smallest absolute Gasteiger partial charge is 0.335 e. The second-order valence-corrected chi connectivity index (χ2v) is 6.82. The molecule has 0 saturated heterocycles. The van der Waals surface area contributed by atoms with Gasteiger partial charge in [-0.05, 0) is 57.2 Å². The summed E-state index contributed by atoms with van der Waals surface area (Å²) in [5, 5.41) is 2.84. The van der Waals surface area contributed by atoms with Crippen LogP contribution in [-0.4, -0.2) is 25.6 Å². The van der Waals surface area contributed by atoms with Gasteiger partial charge in [-0.3, -0.25) is 9.36 Å². The minimum absolute atomic E-state index is 0.119. The van der Waals surface area contributed by atoms with Gasteiger partial charge in [0.1, 0.15) is 12.4 Å². The summed E-state index contributed by atoms with van der Waals surface area (Å²) in [5.74, 6) is -0.658. The first kappa shape index (κ1) is 16.9. The molecule has 7 heteroatoms. The molecule has 2 aromatic heterocycles. The molecule has 130 valence electrons. The van der Waals surface area contributed by atoms with E-state index in [1.54, 1.807) is 18.3 Å². The lowest BCUT2D eigenvalue weighted by Crippen LogP contribution is -2.43. The number of rotatable bonds is 3. The van der Waals surface area contributed by atoms with Crippen LogP contribution in [0.3, 0.4) is 0 Å². The van der Waals surface area contributed by atoms with Crippen LogP contribution in [0.5, 0.6) is 0 Å². The molecule has 0 atom stereocenters. The summed E-state index contributed by atoms with van der Waals surface area (Å²) in [6, 6.07) is 9.00. The van der Waals surface area contributed by atoms with Gasteiger partial charge in [0.2, 0.25) is 5.91 Å². The number of carbonyl (C=O) groups excluding carboxylic acids is 1. The maximum atomic E-state index is 13.2. The number of imidazole rings is 1. The first-order chi connectivity index (χ1) is 11.8. The molecule has 6 nitrogen and oxygen atoms in total. The van der Waals surface area contributed by atoms with Gasteiger partial charge in [-0.15, -0.1) is 0 Å². The van der Waals surface area contributed by atoms with Crippen LogP contribution in [0.15, 0.2) is 47.4 Å². The summed E-state index contributed by atoms with van der Waals surface area (Å²) in [4.78, 5) is 29.4. The van der Waals surface area contributed by atoms with Crippen LogP contribution in [0.25, 0.3) is 16.9 Å². The van der Waals surface area contributed by atoms with Gasteiger partial charge in [-0.1, -0.05) is 0 Å². The van der Waals surface area contributed by atoms with E-state index in [4.69, 9.17) is 0 Å². The highest BCUT2D eigenvalue weighted by Gasteiger charge is 2.20. The Balaban J connectivity index is 2.11. The van der Waals surface area contributed by atoms with Crippen molar-refractivity contribution < 1.29 is 9.18 Å². The van der Waals surface area contributed by atoms with Gasteiger partial charge in [0.25, 0.3) is 0 Å². The molecule has 3 aromatic rings. The normalized spacial score (nSPS) is 11.7. The Morgan fingerprint density at radius 1 is 1.20 bits per heavy atom. The summed E-state index contributed by atoms with van der Waals surface area (Å²) in [7, 11) is 0. The van der Waals surface area contributed by atoms with Gasteiger partial charge in [-0.25, -0.2) is 18.7 Å². The van der Waals surface area contributed by atoms with Crippen LogP contribution >= 0.6 is 0 Å². The van der Waals surface area contributed by atoms with E-state index in [9.17, 15) is 14.0 Å². The molecular weight excluding hydrogens is 323 g/mol. The molecule has 1 aromatic carbocycles. The highest BCUT2D eigenvalue weighted by atomic mass is 19.1. The Morgan fingerprint density at radius 3 is 2.52 bits per heavy atom. The fourth-order valence-corrected chi connectivity index (χ4v) is 2.66. The molecule has 0 bridgehead atoms. The van der Waals surface area contributed by atoms with E-state index in [-0.39, 0.29) is 12.5 Å². The van der Waals surface area contributed by atoms with Crippen molar-refractivity contribution in [3.8, 4) is 5.69 Å². The summed E-state index contributed by atoms with van der Waals surface area (Å²) in [6.07, 6.45) is 1.57. The number of carbonyl (C=O) groups is 1. The molecule has 25 heavy (non-hydrogen) atoms. The SMILES string of the molecule is CC(C)(C)NC(=O)Cn1c(=O)n(-c2ccc(F)cc2)c2ncccc21. The molecule has 0 spiro atoms. The quantitative estimate of drug-likeness (QED) is 0.794. The lowest BCUT2D eigenvalue weighted by molar-refractivity contribution is -0.123. The molecular formula is C18H19FN4O2. The van der Waals surface area contributed by atoms with Crippen molar-refractivity contribution in [2.45, 2.75) is 32.9 Å². The standard InChI is InChI=1S/C18H19FN4O2/c1-18(2,3)21-15(24)11-22-14-5-4-10-20-16(14)23(17(22)25)13-8-6-12(19)7-9-13/h4-10H,11H2,1-3H3,(H,21,24). The number of pyridine rings is 1. The van der Waals surface area contributed by atoms with Crippen LogP contribution in [0.4, 0.5) is 4.39 Å². The Morgan fingerprint density at radius 2 is 1.88 bits per heavy atom. The molecule has 0 aliphatic rings. The summed E-state index contributed by atoms with van der Waals surface area (Å²) in [6.45, 7) is 5.50. The van der Waals surface area contributed by atoms with Gasteiger partial charge in [-0.2, -0.15) is 0 Å². The largest absolute Gasteiger partial charge is 0.350 e. The zero-order valence-electron chi connectivity index (χ0n) is 14.3. The predicted molar refractivity (Wildman–Crippen MR) is 93.2 cm³/mol. The monoisotopic (exact) mass is 342 g/mol. The van der Waals surface area contributed by atoms with E-state index in [1.165, 1.54) is 33.4 Å². The highest BCUT2D eigenvalue weighted by molar-refractivity contribution is 5.80. The summed E-state index contributed by atoms with van der Waals surface area (Å²) in [5.41, 5.74) is 0.659. The van der Waals surface area contributed by atoms with Crippen molar-refractivity contribution in [1.82, 2.24) is 19.4 Å². The minimum atomic E-state index is -0.399. The lowest BCUT2D eigenvalue weighted by atomic mass is 10.1. The van der Waals surface area contributed by atoms with Gasteiger partial charge in [0.15, 0.2) is 5.65 Å². The molecule has 1 N–H and O–H groups in total. The number of fused-ring (bicyclic) bond motifs is 1. The van der Waals surface area contributed by atoms with E-state index in [0.717, 1.165) is 0 Å². The molecule has 2 heterocycles. The maximum Gasteiger partial charge on any atom is 0.335 e. The Hall–Kier alpha value is -2.96. The number of nitrogens with one attached hydrogen (secondary N) is 1. The Bertz CT molecular complexity index is 981. The number of hydrogen-bond acceptors (Lipinski definition) is 3. The number of halogens is 1. The van der Waals surface area contributed by atoms with Crippen molar-refractivity contribution in [2.75, 3.05) is 0 Å². The summed E-state index contributed by atoms with van der Waals surface area (Å²) >= 11 is 0. The molecule has 0 unspecified atom stereocenters. The van der Waals surface area contributed by atoms with Crippen LogP contribution in [0.1, 0.15) is 20.8 Å². The second kappa shape index (κ2) is 6.16. The van der Waals surface area contributed by atoms with Crippen molar-refractivity contribution in [1.29, 1.82) is 0 Å². The number of amides is 1. The maximum absolute atomic E-state index is 13.2. The topological polar surface area (TPSA) is 68.9 Å². The third-order valence-electron chi connectivity index (χ3n) is 3.59. The molecule has 0 aliphatic heterocycles. The molecule has 3 rings (SSSR count). The minimum Gasteiger partial charge on any atom is -0.350 e. The molecule has 1 amide bonds. The highest BCUT2D eigenvalue weighted by Crippen LogP contribution is 2.16. The van der Waals surface area contributed by atoms with Gasteiger partial charge >= 0.3 is 5.69 Å². The van der Waals surface area contributed by atoms with Crippen LogP contribution in [-0.2, 0) is 11.3 Å². The van der Waals surface area contributed by atoms with E-state index < -0.39 is 17.0 Å². The Labute approximate surface area is 143 Å². The predicted octanol–water partition coefficient (Wildman–Crippen LogP) is 2.24. The number of hydrogen-bond donors (Lipinski definition) is 1. The van der Waals surface area contributed by atoms with Gasteiger partial charge in [0.05, 0.1) is 11.2 Å². The average molecular weight is 342 g/mol. The van der Waals surface area contributed by atoms with Crippen molar-refractivity contribution in [3.63, 3.8) is 0 Å². The fourth-order valence-electron chi connectivity index (χ4n) is 2.66. The number of benzene rings is 1. The number of aromatic nitrogens is 3. The van der Waals surface area contributed by atoms with Crippen molar-refractivity contribution in [2.24, 2.45) is 0 Å². The third kappa shape index (κ3) is 3.45. The average Bonchev–Trinajstić information content (AvgIpc) is 2.79. The first-order valence-corrected chi connectivity index (χ1v) is 7.89. The van der Waals surface area contributed by atoms with Crippen molar-refractivity contribution in [3.05, 3.63) is 58.9 Å². The van der Waals surface area contributed by atoms with Crippen molar-refractivity contribution >= 4 is 17.1 Å². The van der Waals surface area contributed by atoms with E-state index >= 15 is 0 Å². The van der Waals surface area contributed by atoms with Crippen LogP contribution < -0.4 is 11.0 Å². The summed E-state index contributed by atoms with van der Waals surface area (Å²) < 4.78 is 15.9. The van der Waals surface area contributed by atoms with E-state index in [2.05, 4.69) is 10.3 Å². The molecule has 0 fully saturated rings. The second-order valence-electron chi connectivity index (χ2n) is 6.82. The fraction of sp³-hybridized carbons (Fsp3) is 0.278. The zero-order valence-corrected chi connectivity index (χ0v) is 14.3. The van der Waals surface area contributed by atoms with Gasteiger partial charge in [0, 0.05) is 11.7 Å². The molecule has 0 aliphatic carbocycles. The molecule has 0 saturated carbocycles. The molecule has 0 radical (unpaired) electrons. The van der Waals surface area contributed by atoms with E-state index in [0.29, 0.717) is 16.9 Å². The van der Waals surface area contributed by atoms with Gasteiger partial charge < -0.3 is 5.32 Å². The van der Waals surface area contributed by atoms with Crippen LogP contribution in [0, 0.1) is 5.82 Å². The Kier molecular flexibility index (Phi) is 4.16.